The van der Waals surface area contributed by atoms with Crippen LogP contribution in [0.3, 0.4) is 0 Å². The van der Waals surface area contributed by atoms with Gasteiger partial charge in [-0.25, -0.2) is 0 Å². The van der Waals surface area contributed by atoms with E-state index in [1.54, 1.807) is 0 Å². The van der Waals surface area contributed by atoms with Crippen LogP contribution in [0.4, 0.5) is 0 Å². The Morgan fingerprint density at radius 2 is 2.00 bits per heavy atom. The van der Waals surface area contributed by atoms with E-state index in [4.69, 9.17) is 10.5 Å². The van der Waals surface area contributed by atoms with E-state index in [9.17, 15) is 0 Å². The molecule has 2 rings (SSSR count). The summed E-state index contributed by atoms with van der Waals surface area (Å²) in [6.45, 7) is 8.78. The Bertz CT molecular complexity index is 421. The molecule has 0 aromatic heterocycles. The monoisotopic (exact) mass is 247 g/mol. The van der Waals surface area contributed by atoms with Gasteiger partial charge in [-0.1, -0.05) is 39.8 Å². The van der Waals surface area contributed by atoms with Gasteiger partial charge in [0.25, 0.3) is 0 Å². The van der Waals surface area contributed by atoms with Crippen molar-refractivity contribution in [2.24, 2.45) is 5.73 Å². The molecule has 0 spiro atoms. The van der Waals surface area contributed by atoms with Crippen LogP contribution >= 0.6 is 0 Å². The van der Waals surface area contributed by atoms with Gasteiger partial charge in [-0.2, -0.15) is 0 Å². The molecule has 100 valence electrons. The highest BCUT2D eigenvalue weighted by molar-refractivity contribution is 5.42. The zero-order valence-corrected chi connectivity index (χ0v) is 12.0. The van der Waals surface area contributed by atoms with E-state index in [1.807, 2.05) is 0 Å². The van der Waals surface area contributed by atoms with Crippen molar-refractivity contribution in [1.82, 2.24) is 0 Å². The van der Waals surface area contributed by atoms with Gasteiger partial charge < -0.3 is 10.5 Å². The van der Waals surface area contributed by atoms with Crippen molar-refractivity contribution < 1.29 is 4.74 Å². The molecule has 0 saturated carbocycles. The summed E-state index contributed by atoms with van der Waals surface area (Å²) in [6, 6.07) is 6.59. The third-order valence-corrected chi connectivity index (χ3v) is 4.31. The molecule has 1 aliphatic heterocycles. The fourth-order valence-electron chi connectivity index (χ4n) is 2.78. The topological polar surface area (TPSA) is 35.2 Å². The normalized spacial score (nSPS) is 21.6. The molecule has 1 aromatic rings. The molecule has 18 heavy (non-hydrogen) atoms. The fraction of sp³-hybridized carbons (Fsp3) is 0.625. The summed E-state index contributed by atoms with van der Waals surface area (Å²) >= 11 is 0. The molecular formula is C16H25NO. The summed E-state index contributed by atoms with van der Waals surface area (Å²) in [5, 5.41) is 0. The smallest absolute Gasteiger partial charge is 0.124 e. The van der Waals surface area contributed by atoms with E-state index in [1.165, 1.54) is 11.1 Å². The van der Waals surface area contributed by atoms with E-state index in [-0.39, 0.29) is 11.6 Å². The largest absolute Gasteiger partial charge is 0.487 e. The first-order valence-electron chi connectivity index (χ1n) is 7.09. The molecule has 1 atom stereocenters. The third kappa shape index (κ3) is 2.26. The molecule has 2 N–H and O–H groups in total. The molecule has 0 amide bonds. The Labute approximate surface area is 111 Å². The van der Waals surface area contributed by atoms with Crippen LogP contribution in [0.5, 0.6) is 5.75 Å². The van der Waals surface area contributed by atoms with Crippen LogP contribution < -0.4 is 10.5 Å². The van der Waals surface area contributed by atoms with Crippen molar-refractivity contribution in [3.05, 3.63) is 29.3 Å². The highest BCUT2D eigenvalue weighted by Gasteiger charge is 2.37. The average molecular weight is 247 g/mol. The molecular weight excluding hydrogens is 222 g/mol. The SMILES string of the molecule is CCC1(CC)CC(N)c2cc(C(C)C)ccc2O1. The lowest BCUT2D eigenvalue weighted by molar-refractivity contribution is 0.0282. The molecule has 1 heterocycles. The van der Waals surface area contributed by atoms with Crippen molar-refractivity contribution in [3.63, 3.8) is 0 Å². The van der Waals surface area contributed by atoms with Gasteiger partial charge in [0.1, 0.15) is 11.4 Å². The van der Waals surface area contributed by atoms with Crippen LogP contribution in [0.1, 0.15) is 70.0 Å². The first-order chi connectivity index (χ1) is 8.51. The second-order valence-corrected chi connectivity index (χ2v) is 5.75. The van der Waals surface area contributed by atoms with Gasteiger partial charge in [0.2, 0.25) is 0 Å². The molecule has 2 nitrogen and oxygen atoms in total. The van der Waals surface area contributed by atoms with Crippen LogP contribution in [-0.2, 0) is 0 Å². The minimum Gasteiger partial charge on any atom is -0.487 e. The Morgan fingerprint density at radius 3 is 2.56 bits per heavy atom. The molecule has 1 aliphatic rings. The number of fused-ring (bicyclic) bond motifs is 1. The number of rotatable bonds is 3. The number of nitrogens with two attached hydrogens (primary N) is 1. The first kappa shape index (κ1) is 13.4. The predicted molar refractivity (Wildman–Crippen MR) is 76.0 cm³/mol. The summed E-state index contributed by atoms with van der Waals surface area (Å²) in [4.78, 5) is 0. The highest BCUT2D eigenvalue weighted by atomic mass is 16.5. The Kier molecular flexibility index (Phi) is 3.67. The van der Waals surface area contributed by atoms with Crippen LogP contribution in [0.25, 0.3) is 0 Å². The molecule has 1 aromatic carbocycles. The van der Waals surface area contributed by atoms with E-state index < -0.39 is 0 Å². The second kappa shape index (κ2) is 4.93. The van der Waals surface area contributed by atoms with E-state index in [2.05, 4.69) is 45.9 Å². The van der Waals surface area contributed by atoms with Crippen molar-refractivity contribution in [3.8, 4) is 5.75 Å². The summed E-state index contributed by atoms with van der Waals surface area (Å²) < 4.78 is 6.24. The quantitative estimate of drug-likeness (QED) is 0.870. The average Bonchev–Trinajstić information content (AvgIpc) is 2.38. The molecule has 0 fully saturated rings. The standard InChI is InChI=1S/C16H25NO/c1-5-16(6-2)10-14(17)13-9-12(11(3)4)7-8-15(13)18-16/h7-9,11,14H,5-6,10,17H2,1-4H3. The number of ether oxygens (including phenoxy) is 1. The van der Waals surface area contributed by atoms with Crippen molar-refractivity contribution >= 4 is 0 Å². The van der Waals surface area contributed by atoms with Gasteiger partial charge in [0.05, 0.1) is 0 Å². The maximum atomic E-state index is 6.36. The first-order valence-corrected chi connectivity index (χ1v) is 7.09. The molecule has 0 bridgehead atoms. The lowest BCUT2D eigenvalue weighted by Crippen LogP contribution is -2.42. The highest BCUT2D eigenvalue weighted by Crippen LogP contribution is 2.42. The Balaban J connectivity index is 2.38. The van der Waals surface area contributed by atoms with Gasteiger partial charge in [0.15, 0.2) is 0 Å². The molecule has 2 heteroatoms. The zero-order chi connectivity index (χ0) is 13.3. The Hall–Kier alpha value is -1.02. The van der Waals surface area contributed by atoms with Gasteiger partial charge in [-0.15, -0.1) is 0 Å². The maximum Gasteiger partial charge on any atom is 0.124 e. The van der Waals surface area contributed by atoms with Crippen LogP contribution in [0.2, 0.25) is 0 Å². The van der Waals surface area contributed by atoms with Crippen molar-refractivity contribution in [2.75, 3.05) is 0 Å². The minimum atomic E-state index is -0.0637. The van der Waals surface area contributed by atoms with Crippen molar-refractivity contribution in [1.29, 1.82) is 0 Å². The van der Waals surface area contributed by atoms with Crippen LogP contribution in [-0.4, -0.2) is 5.60 Å². The third-order valence-electron chi connectivity index (χ3n) is 4.31. The Morgan fingerprint density at radius 1 is 1.33 bits per heavy atom. The predicted octanol–water partition coefficient (Wildman–Crippen LogP) is 4.15. The van der Waals surface area contributed by atoms with Gasteiger partial charge in [-0.05, 0) is 30.4 Å². The minimum absolute atomic E-state index is 0.0637. The lowest BCUT2D eigenvalue weighted by Gasteiger charge is -2.40. The summed E-state index contributed by atoms with van der Waals surface area (Å²) in [5.74, 6) is 1.52. The number of benzene rings is 1. The molecule has 1 unspecified atom stereocenters. The summed E-state index contributed by atoms with van der Waals surface area (Å²) in [7, 11) is 0. The lowest BCUT2D eigenvalue weighted by atomic mass is 9.83. The summed E-state index contributed by atoms with van der Waals surface area (Å²) in [6.07, 6.45) is 2.96. The van der Waals surface area contributed by atoms with E-state index in [0.717, 1.165) is 25.0 Å². The van der Waals surface area contributed by atoms with Crippen molar-refractivity contribution in [2.45, 2.75) is 64.5 Å². The number of hydrogen-bond donors (Lipinski definition) is 1. The van der Waals surface area contributed by atoms with Crippen LogP contribution in [0, 0.1) is 0 Å². The zero-order valence-electron chi connectivity index (χ0n) is 12.0. The van der Waals surface area contributed by atoms with Gasteiger partial charge >= 0.3 is 0 Å². The second-order valence-electron chi connectivity index (χ2n) is 5.75. The van der Waals surface area contributed by atoms with E-state index >= 15 is 0 Å². The van der Waals surface area contributed by atoms with Crippen LogP contribution in [0.15, 0.2) is 18.2 Å². The molecule has 0 radical (unpaired) electrons. The van der Waals surface area contributed by atoms with Gasteiger partial charge in [0, 0.05) is 18.0 Å². The molecule has 0 aliphatic carbocycles. The maximum absolute atomic E-state index is 6.36. The summed E-state index contributed by atoms with van der Waals surface area (Å²) in [5.41, 5.74) is 8.82. The van der Waals surface area contributed by atoms with Gasteiger partial charge in [-0.3, -0.25) is 0 Å². The fourth-order valence-corrected chi connectivity index (χ4v) is 2.78. The van der Waals surface area contributed by atoms with E-state index in [0.29, 0.717) is 5.92 Å². The number of hydrogen-bond acceptors (Lipinski definition) is 2. The molecule has 0 saturated heterocycles.